The molecule has 0 unspecified atom stereocenters. The third-order valence-electron chi connectivity index (χ3n) is 4.55. The van der Waals surface area contributed by atoms with Gasteiger partial charge >= 0.3 is 0 Å². The summed E-state index contributed by atoms with van der Waals surface area (Å²) >= 11 is 14.0. The van der Waals surface area contributed by atoms with E-state index in [-0.39, 0.29) is 0 Å². The Labute approximate surface area is 178 Å². The zero-order valence-electron chi connectivity index (χ0n) is 15.2. The van der Waals surface area contributed by atoms with E-state index >= 15 is 0 Å². The molecular formula is C21H20Cl2N2O2S. The SMILES string of the molecule is Clc1ccc(COc2cncc(-c3ccc(CN4CCOCC4)s3)c2)c(Cl)c1. The second-order valence-electron chi connectivity index (χ2n) is 6.59. The van der Waals surface area contributed by atoms with Crippen LogP contribution in [0.3, 0.4) is 0 Å². The first-order chi connectivity index (χ1) is 13.7. The molecule has 7 heteroatoms. The van der Waals surface area contributed by atoms with Crippen LogP contribution in [0.1, 0.15) is 10.4 Å². The van der Waals surface area contributed by atoms with Gasteiger partial charge in [-0.05, 0) is 30.3 Å². The van der Waals surface area contributed by atoms with Crippen LogP contribution >= 0.6 is 34.5 Å². The third-order valence-corrected chi connectivity index (χ3v) is 6.26. The molecular weight excluding hydrogens is 415 g/mol. The number of ether oxygens (including phenoxy) is 2. The summed E-state index contributed by atoms with van der Waals surface area (Å²) in [4.78, 5) is 9.29. The van der Waals surface area contributed by atoms with Gasteiger partial charge in [0.1, 0.15) is 12.4 Å². The lowest BCUT2D eigenvalue weighted by Gasteiger charge is -2.25. The molecule has 1 aliphatic rings. The van der Waals surface area contributed by atoms with Gasteiger partial charge in [-0.2, -0.15) is 0 Å². The van der Waals surface area contributed by atoms with Gasteiger partial charge in [-0.1, -0.05) is 29.3 Å². The molecule has 0 bridgehead atoms. The van der Waals surface area contributed by atoms with Gasteiger partial charge in [0.2, 0.25) is 0 Å². The summed E-state index contributed by atoms with van der Waals surface area (Å²) in [5.74, 6) is 0.714. The van der Waals surface area contributed by atoms with Crippen LogP contribution in [0.4, 0.5) is 0 Å². The molecule has 3 heterocycles. The van der Waals surface area contributed by atoms with Crippen molar-refractivity contribution in [3.8, 4) is 16.2 Å². The molecule has 1 fully saturated rings. The van der Waals surface area contributed by atoms with Gasteiger partial charge in [0, 0.05) is 56.8 Å². The van der Waals surface area contributed by atoms with Crippen molar-refractivity contribution >= 4 is 34.5 Å². The standard InChI is InChI=1S/C21H20Cl2N2O2S/c22-17-2-1-15(20(23)10-17)14-27-18-9-16(11-24-12-18)21-4-3-19(28-21)13-25-5-7-26-8-6-25/h1-4,9-12H,5-8,13-14H2. The molecule has 0 aliphatic carbocycles. The fourth-order valence-corrected chi connectivity index (χ4v) is 4.52. The van der Waals surface area contributed by atoms with Gasteiger partial charge in [-0.3, -0.25) is 9.88 Å². The number of rotatable bonds is 6. The highest BCUT2D eigenvalue weighted by Crippen LogP contribution is 2.31. The van der Waals surface area contributed by atoms with Crippen molar-refractivity contribution in [2.45, 2.75) is 13.2 Å². The highest BCUT2D eigenvalue weighted by Gasteiger charge is 2.13. The maximum Gasteiger partial charge on any atom is 0.138 e. The molecule has 0 spiro atoms. The van der Waals surface area contributed by atoms with Crippen LogP contribution in [-0.4, -0.2) is 36.2 Å². The molecule has 0 radical (unpaired) electrons. The number of hydrogen-bond donors (Lipinski definition) is 0. The van der Waals surface area contributed by atoms with Gasteiger partial charge in [0.25, 0.3) is 0 Å². The van der Waals surface area contributed by atoms with E-state index in [0.29, 0.717) is 22.4 Å². The number of hydrogen-bond acceptors (Lipinski definition) is 5. The minimum atomic E-state index is 0.369. The first-order valence-electron chi connectivity index (χ1n) is 9.08. The number of pyridine rings is 1. The fourth-order valence-electron chi connectivity index (χ4n) is 3.03. The van der Waals surface area contributed by atoms with Crippen molar-refractivity contribution in [2.24, 2.45) is 0 Å². The van der Waals surface area contributed by atoms with Gasteiger partial charge < -0.3 is 9.47 Å². The largest absolute Gasteiger partial charge is 0.487 e. The van der Waals surface area contributed by atoms with Gasteiger partial charge in [0.05, 0.1) is 19.4 Å². The topological polar surface area (TPSA) is 34.6 Å². The van der Waals surface area contributed by atoms with Gasteiger partial charge in [0.15, 0.2) is 0 Å². The van der Waals surface area contributed by atoms with E-state index in [4.69, 9.17) is 32.7 Å². The second kappa shape index (κ2) is 9.25. The quantitative estimate of drug-likeness (QED) is 0.510. The van der Waals surface area contributed by atoms with Gasteiger partial charge in [-0.15, -0.1) is 11.3 Å². The monoisotopic (exact) mass is 434 g/mol. The number of nitrogens with zero attached hydrogens (tertiary/aromatic N) is 2. The normalized spacial score (nSPS) is 14.9. The maximum absolute atomic E-state index is 6.22. The Morgan fingerprint density at radius 1 is 1.07 bits per heavy atom. The number of morpholine rings is 1. The maximum atomic E-state index is 6.22. The number of aromatic nitrogens is 1. The van der Waals surface area contributed by atoms with Crippen LogP contribution in [0.15, 0.2) is 48.8 Å². The van der Waals surface area contributed by atoms with Crippen LogP contribution < -0.4 is 4.74 Å². The van der Waals surface area contributed by atoms with Crippen molar-refractivity contribution in [3.05, 3.63) is 69.3 Å². The summed E-state index contributed by atoms with van der Waals surface area (Å²) < 4.78 is 11.3. The smallest absolute Gasteiger partial charge is 0.138 e. The van der Waals surface area contributed by atoms with Crippen LogP contribution in [0.5, 0.6) is 5.75 Å². The molecule has 0 amide bonds. The highest BCUT2D eigenvalue weighted by molar-refractivity contribution is 7.15. The molecule has 0 saturated carbocycles. The zero-order valence-corrected chi connectivity index (χ0v) is 17.6. The zero-order chi connectivity index (χ0) is 19.3. The summed E-state index contributed by atoms with van der Waals surface area (Å²) in [6.07, 6.45) is 3.59. The minimum Gasteiger partial charge on any atom is -0.487 e. The lowest BCUT2D eigenvalue weighted by molar-refractivity contribution is 0.0346. The summed E-state index contributed by atoms with van der Waals surface area (Å²) in [5.41, 5.74) is 1.94. The van der Waals surface area contributed by atoms with Crippen LogP contribution in [0.2, 0.25) is 10.0 Å². The molecule has 0 N–H and O–H groups in total. The molecule has 3 aromatic rings. The van der Waals surface area contributed by atoms with Crippen molar-refractivity contribution in [1.82, 2.24) is 9.88 Å². The predicted molar refractivity (Wildman–Crippen MR) is 114 cm³/mol. The molecule has 1 aromatic carbocycles. The average molecular weight is 435 g/mol. The highest BCUT2D eigenvalue weighted by atomic mass is 35.5. The van der Waals surface area contributed by atoms with E-state index in [1.165, 1.54) is 9.75 Å². The Hall–Kier alpha value is -1.63. The van der Waals surface area contributed by atoms with Crippen LogP contribution in [0.25, 0.3) is 10.4 Å². The lowest BCUT2D eigenvalue weighted by Crippen LogP contribution is -2.35. The second-order valence-corrected chi connectivity index (χ2v) is 8.60. The first kappa shape index (κ1) is 19.7. The average Bonchev–Trinajstić information content (AvgIpc) is 3.17. The van der Waals surface area contributed by atoms with Crippen molar-refractivity contribution in [2.75, 3.05) is 26.3 Å². The van der Waals surface area contributed by atoms with E-state index in [1.807, 2.05) is 24.4 Å². The van der Waals surface area contributed by atoms with Gasteiger partial charge in [-0.25, -0.2) is 0 Å². The van der Waals surface area contributed by atoms with E-state index in [1.54, 1.807) is 23.6 Å². The molecule has 2 aromatic heterocycles. The number of thiophene rings is 1. The fraction of sp³-hybridized carbons (Fsp3) is 0.286. The first-order valence-corrected chi connectivity index (χ1v) is 10.7. The molecule has 4 nitrogen and oxygen atoms in total. The van der Waals surface area contributed by atoms with Crippen LogP contribution in [0, 0.1) is 0 Å². The summed E-state index contributed by atoms with van der Waals surface area (Å²) in [7, 11) is 0. The summed E-state index contributed by atoms with van der Waals surface area (Å²) in [6.45, 7) is 4.95. The molecule has 1 saturated heterocycles. The third kappa shape index (κ3) is 5.04. The Balaban J connectivity index is 1.42. The number of halogens is 2. The van der Waals surface area contributed by atoms with Crippen LogP contribution in [-0.2, 0) is 17.9 Å². The molecule has 146 valence electrons. The summed E-state index contributed by atoms with van der Waals surface area (Å²) in [5, 5.41) is 1.21. The Kier molecular flexibility index (Phi) is 6.50. The lowest BCUT2D eigenvalue weighted by atomic mass is 10.2. The van der Waals surface area contributed by atoms with Crippen molar-refractivity contribution < 1.29 is 9.47 Å². The van der Waals surface area contributed by atoms with E-state index < -0.39 is 0 Å². The van der Waals surface area contributed by atoms with E-state index in [2.05, 4.69) is 22.0 Å². The molecule has 1 aliphatic heterocycles. The molecule has 28 heavy (non-hydrogen) atoms. The van der Waals surface area contributed by atoms with E-state index in [0.717, 1.165) is 44.0 Å². The minimum absolute atomic E-state index is 0.369. The Morgan fingerprint density at radius 2 is 1.93 bits per heavy atom. The Bertz CT molecular complexity index is 942. The summed E-state index contributed by atoms with van der Waals surface area (Å²) in [6, 6.07) is 11.8. The molecule has 0 atom stereocenters. The van der Waals surface area contributed by atoms with E-state index in [9.17, 15) is 0 Å². The van der Waals surface area contributed by atoms with Crippen molar-refractivity contribution in [3.63, 3.8) is 0 Å². The number of benzene rings is 1. The molecule has 4 rings (SSSR count). The van der Waals surface area contributed by atoms with Crippen molar-refractivity contribution in [1.29, 1.82) is 0 Å². The predicted octanol–water partition coefficient (Wildman–Crippen LogP) is 5.53. The Morgan fingerprint density at radius 3 is 2.75 bits per heavy atom.